The van der Waals surface area contributed by atoms with Crippen molar-refractivity contribution in [2.45, 2.75) is 25.7 Å². The summed E-state index contributed by atoms with van der Waals surface area (Å²) in [5, 5.41) is 21.1. The summed E-state index contributed by atoms with van der Waals surface area (Å²) in [6.45, 7) is 1.70. The number of aromatic amines is 1. The number of nitrogens with zero attached hydrogens (tertiary/aromatic N) is 9. The summed E-state index contributed by atoms with van der Waals surface area (Å²) in [5.41, 5.74) is 4.42. The van der Waals surface area contributed by atoms with E-state index in [1.165, 1.54) is 34.7 Å². The van der Waals surface area contributed by atoms with Crippen LogP contribution in [-0.4, -0.2) is 74.7 Å². The highest BCUT2D eigenvalue weighted by Gasteiger charge is 2.25. The van der Waals surface area contributed by atoms with Gasteiger partial charge in [0.15, 0.2) is 5.43 Å². The first-order valence-corrected chi connectivity index (χ1v) is 18.5. The summed E-state index contributed by atoms with van der Waals surface area (Å²) in [6, 6.07) is 1.55. The number of carbonyl (C=O) groups excluding carboxylic acids is 1. The highest BCUT2D eigenvalue weighted by Crippen LogP contribution is 2.37. The molecule has 0 spiro atoms. The Morgan fingerprint density at radius 3 is 2.47 bits per heavy atom. The predicted molar refractivity (Wildman–Crippen MR) is 202 cm³/mol. The van der Waals surface area contributed by atoms with Crippen molar-refractivity contribution in [3.63, 3.8) is 0 Å². The summed E-state index contributed by atoms with van der Waals surface area (Å²) < 4.78 is 1.34. The number of nitrogens with one attached hydrogen (secondary N) is 2. The van der Waals surface area contributed by atoms with Crippen LogP contribution in [0.5, 0.6) is 0 Å². The first-order chi connectivity index (χ1) is 25.7. The van der Waals surface area contributed by atoms with Crippen LogP contribution in [0.1, 0.15) is 51.4 Å². The van der Waals surface area contributed by atoms with E-state index >= 15 is 0 Å². The lowest BCUT2D eigenvalue weighted by Crippen LogP contribution is -2.31. The van der Waals surface area contributed by atoms with E-state index in [4.69, 9.17) is 21.6 Å². The first kappa shape index (κ1) is 34.2. The second-order valence-electron chi connectivity index (χ2n) is 12.3. The Hall–Kier alpha value is -5.91. The molecule has 1 fully saturated rings. The molecule has 8 rings (SSSR count). The third-order valence-electron chi connectivity index (χ3n) is 8.89. The number of halogens is 1. The van der Waals surface area contributed by atoms with Crippen molar-refractivity contribution in [2.24, 2.45) is 7.05 Å². The van der Waals surface area contributed by atoms with Gasteiger partial charge in [-0.3, -0.25) is 24.2 Å². The molecule has 7 aromatic heterocycles. The second-order valence-corrected chi connectivity index (χ2v) is 14.4. The molecule has 8 heterocycles. The molecule has 53 heavy (non-hydrogen) atoms. The van der Waals surface area contributed by atoms with Crippen LogP contribution in [0.3, 0.4) is 0 Å². The van der Waals surface area contributed by atoms with E-state index < -0.39 is 11.9 Å². The highest BCUT2D eigenvalue weighted by atomic mass is 35.5. The van der Waals surface area contributed by atoms with Crippen LogP contribution in [0.2, 0.25) is 5.15 Å². The summed E-state index contributed by atoms with van der Waals surface area (Å²) in [7, 11) is 1.59. The van der Waals surface area contributed by atoms with Crippen molar-refractivity contribution >= 4 is 67.3 Å². The number of H-pyrrole nitrogens is 1. The number of thiophene rings is 2. The molecule has 1 amide bonds. The van der Waals surface area contributed by atoms with Crippen molar-refractivity contribution in [3.8, 4) is 33.6 Å². The number of anilines is 2. The molecule has 0 atom stereocenters. The summed E-state index contributed by atoms with van der Waals surface area (Å²) in [4.78, 5) is 72.3. The monoisotopic (exact) mass is 765 g/mol. The molecule has 0 radical (unpaired) electrons. The van der Waals surface area contributed by atoms with Gasteiger partial charge < -0.3 is 20.3 Å². The average molecular weight is 766 g/mol. The van der Waals surface area contributed by atoms with Crippen LogP contribution in [-0.2, 0) is 13.5 Å². The van der Waals surface area contributed by atoms with E-state index in [1.807, 2.05) is 5.38 Å². The van der Waals surface area contributed by atoms with Crippen molar-refractivity contribution in [3.05, 3.63) is 98.2 Å². The summed E-state index contributed by atoms with van der Waals surface area (Å²) in [6.07, 6.45) is 14.4. The molecular weight excluding hydrogens is 738 g/mol. The van der Waals surface area contributed by atoms with Gasteiger partial charge in [0.25, 0.3) is 5.91 Å². The van der Waals surface area contributed by atoms with Gasteiger partial charge in [0.05, 0.1) is 46.1 Å². The molecule has 1 aliphatic rings. The largest absolute Gasteiger partial charge is 0.478 e. The number of amides is 1. The van der Waals surface area contributed by atoms with Crippen molar-refractivity contribution in [1.29, 1.82) is 0 Å². The molecule has 0 aromatic carbocycles. The lowest BCUT2D eigenvalue weighted by atomic mass is 10.0. The maximum Gasteiger partial charge on any atom is 0.339 e. The van der Waals surface area contributed by atoms with Crippen LogP contribution >= 0.6 is 34.3 Å². The number of carboxylic acid groups (broad SMARTS) is 1. The number of aryl methyl sites for hydroxylation is 1. The Bertz CT molecular complexity index is 2560. The molecule has 18 heteroatoms. The number of aromatic nitrogens is 9. The minimum absolute atomic E-state index is 0.115. The lowest BCUT2D eigenvalue weighted by molar-refractivity contribution is 0.0699. The fourth-order valence-corrected chi connectivity index (χ4v) is 8.31. The van der Waals surface area contributed by atoms with Gasteiger partial charge in [-0.25, -0.2) is 24.7 Å². The van der Waals surface area contributed by atoms with E-state index in [2.05, 4.69) is 40.2 Å². The number of piperidine rings is 1. The summed E-state index contributed by atoms with van der Waals surface area (Å²) >= 11 is 8.64. The number of rotatable bonds is 9. The zero-order valence-electron chi connectivity index (χ0n) is 27.9. The van der Waals surface area contributed by atoms with Crippen molar-refractivity contribution in [2.75, 3.05) is 23.3 Å². The molecule has 266 valence electrons. The Balaban J connectivity index is 1.12. The zero-order valence-corrected chi connectivity index (χ0v) is 30.3. The number of hydrogen-bond acceptors (Lipinski definition) is 13. The van der Waals surface area contributed by atoms with Crippen LogP contribution < -0.4 is 15.6 Å². The molecule has 15 nitrogen and oxygen atoms in total. The Morgan fingerprint density at radius 2 is 1.75 bits per heavy atom. The lowest BCUT2D eigenvalue weighted by Gasteiger charge is -2.27. The van der Waals surface area contributed by atoms with Gasteiger partial charge in [-0.15, -0.1) is 22.7 Å². The minimum Gasteiger partial charge on any atom is -0.478 e. The molecule has 0 unspecified atom stereocenters. The molecule has 0 bridgehead atoms. The Morgan fingerprint density at radius 1 is 0.962 bits per heavy atom. The number of hydrogen-bond donors (Lipinski definition) is 3. The predicted octanol–water partition coefficient (Wildman–Crippen LogP) is 5.94. The van der Waals surface area contributed by atoms with Crippen LogP contribution in [0.4, 0.5) is 10.9 Å². The standard InChI is InChI=1S/C35H28ClN11O4S2/c1-46-30(36)21(13-42-46)31(49)45-33-29(34(50)51)23(16-53-33)26-14-39-19(11-40-26)7-25-20(12-41-35(44-25)47-5-3-2-4-6-47)22-15-52-32-28(22)27(48)8-24(43-32)18-9-37-17-38-10-18/h8-17H,2-7H2,1H3,(H,43,48)(H,45,49)(H,50,51). The highest BCUT2D eigenvalue weighted by molar-refractivity contribution is 7.17. The third-order valence-corrected chi connectivity index (χ3v) is 11.1. The van der Waals surface area contributed by atoms with Crippen LogP contribution in [0, 0.1) is 0 Å². The second kappa shape index (κ2) is 14.3. The summed E-state index contributed by atoms with van der Waals surface area (Å²) in [5.74, 6) is -1.21. The smallest absolute Gasteiger partial charge is 0.339 e. The molecule has 7 aromatic rings. The van der Waals surface area contributed by atoms with Gasteiger partial charge in [0, 0.05) is 90.4 Å². The van der Waals surface area contributed by atoms with E-state index in [-0.39, 0.29) is 33.1 Å². The SMILES string of the molecule is Cn1ncc(C(=O)Nc2scc(-c3cnc(Cc4nc(N5CCCCC5)ncc4-c4csc5[nH]c(-c6cncnc6)cc(=O)c45)cn3)c2C(=O)O)c1Cl. The Labute approximate surface area is 313 Å². The maximum atomic E-state index is 13.6. The topological polar surface area (TPSA) is 198 Å². The van der Waals surface area contributed by atoms with Gasteiger partial charge in [-0.1, -0.05) is 11.6 Å². The fourth-order valence-electron chi connectivity index (χ4n) is 6.21. The maximum absolute atomic E-state index is 13.6. The van der Waals surface area contributed by atoms with E-state index in [9.17, 15) is 19.5 Å². The number of aromatic carboxylic acids is 1. The molecule has 1 saturated heterocycles. The molecule has 0 saturated carbocycles. The van der Waals surface area contributed by atoms with E-state index in [0.717, 1.165) is 43.7 Å². The number of fused-ring (bicyclic) bond motifs is 1. The normalized spacial score (nSPS) is 13.1. The molecule has 0 aliphatic carbocycles. The van der Waals surface area contributed by atoms with E-state index in [0.29, 0.717) is 61.2 Å². The molecule has 3 N–H and O–H groups in total. The Kier molecular flexibility index (Phi) is 9.19. The fraction of sp³-hybridized carbons (Fsp3) is 0.200. The van der Waals surface area contributed by atoms with Crippen molar-refractivity contribution in [1.82, 2.24) is 44.7 Å². The number of carbonyl (C=O) groups is 2. The van der Waals surface area contributed by atoms with Crippen molar-refractivity contribution < 1.29 is 14.7 Å². The van der Waals surface area contributed by atoms with Gasteiger partial charge in [-0.05, 0) is 19.3 Å². The van der Waals surface area contributed by atoms with Gasteiger partial charge in [0.2, 0.25) is 5.95 Å². The van der Waals surface area contributed by atoms with Gasteiger partial charge >= 0.3 is 5.97 Å². The zero-order chi connectivity index (χ0) is 36.6. The molecular formula is C35H28ClN11O4S2. The third kappa shape index (κ3) is 6.65. The number of carboxylic acids is 1. The number of pyridine rings is 1. The average Bonchev–Trinajstić information content (AvgIpc) is 3.89. The first-order valence-electron chi connectivity index (χ1n) is 16.4. The molecule has 1 aliphatic heterocycles. The van der Waals surface area contributed by atoms with Crippen LogP contribution in [0.25, 0.3) is 43.9 Å². The van der Waals surface area contributed by atoms with Gasteiger partial charge in [0.1, 0.15) is 26.9 Å². The van der Waals surface area contributed by atoms with Crippen LogP contribution in [0.15, 0.2) is 65.1 Å². The van der Waals surface area contributed by atoms with Gasteiger partial charge in [-0.2, -0.15) is 5.10 Å². The minimum atomic E-state index is -1.24. The quantitative estimate of drug-likeness (QED) is 0.157. The van der Waals surface area contributed by atoms with E-state index in [1.54, 1.807) is 43.3 Å².